The Hall–Kier alpha value is -1.84. The van der Waals surface area contributed by atoms with Gasteiger partial charge < -0.3 is 9.47 Å². The van der Waals surface area contributed by atoms with Crippen LogP contribution in [0.15, 0.2) is 23.2 Å². The zero-order valence-corrected chi connectivity index (χ0v) is 30.9. The molecular weight excluding hydrogens is 566 g/mol. The van der Waals surface area contributed by atoms with Crippen LogP contribution in [0, 0.1) is 0 Å². The maximum Gasteiger partial charge on any atom is 0.311 e. The number of unbranched alkanes of at least 4 members (excludes halogenated alkanes) is 27. The number of aliphatic imine (C=N–C) groups is 1. The summed E-state index contributed by atoms with van der Waals surface area (Å²) in [4.78, 5) is 17.1. The predicted octanol–water partition coefficient (Wildman–Crippen LogP) is 13.8. The fourth-order valence-electron chi connectivity index (χ4n) is 6.23. The number of carbonyl (C=O) groups excluding carboxylic acids is 1. The van der Waals surface area contributed by atoms with Crippen LogP contribution in [0.25, 0.3) is 0 Å². The molecule has 0 saturated heterocycles. The van der Waals surface area contributed by atoms with Crippen molar-refractivity contribution in [3.63, 3.8) is 0 Å². The average Bonchev–Trinajstić information content (AvgIpc) is 3.06. The minimum atomic E-state index is -0.174. The van der Waals surface area contributed by atoms with Crippen molar-refractivity contribution in [2.45, 2.75) is 206 Å². The van der Waals surface area contributed by atoms with E-state index in [1.54, 1.807) is 7.11 Å². The third-order valence-corrected chi connectivity index (χ3v) is 9.28. The Bertz CT molecular complexity index is 836. The van der Waals surface area contributed by atoms with Crippen LogP contribution in [-0.4, -0.2) is 25.8 Å². The summed E-state index contributed by atoms with van der Waals surface area (Å²) in [5.41, 5.74) is 0.976. The van der Waals surface area contributed by atoms with Crippen molar-refractivity contribution in [1.82, 2.24) is 0 Å². The number of benzene rings is 1. The van der Waals surface area contributed by atoms with E-state index in [0.29, 0.717) is 17.9 Å². The normalized spacial score (nSPS) is 11.5. The van der Waals surface area contributed by atoms with Gasteiger partial charge in [-0.25, -0.2) is 0 Å². The van der Waals surface area contributed by atoms with E-state index in [1.165, 1.54) is 167 Å². The molecule has 0 radical (unpaired) electrons. The largest absolute Gasteiger partial charge is 0.493 e. The molecule has 4 nitrogen and oxygen atoms in total. The fourth-order valence-corrected chi connectivity index (χ4v) is 6.23. The zero-order chi connectivity index (χ0) is 33.2. The summed E-state index contributed by atoms with van der Waals surface area (Å²) in [6, 6.07) is 5.69. The van der Waals surface area contributed by atoms with Gasteiger partial charge in [-0.3, -0.25) is 9.79 Å². The molecule has 0 amide bonds. The summed E-state index contributed by atoms with van der Waals surface area (Å²) in [6.45, 7) is 5.42. The van der Waals surface area contributed by atoms with Gasteiger partial charge in [0.15, 0.2) is 11.5 Å². The fraction of sp³-hybridized carbons (Fsp3) is 0.810. The second-order valence-electron chi connectivity index (χ2n) is 13.7. The molecule has 46 heavy (non-hydrogen) atoms. The second kappa shape index (κ2) is 33.1. The molecule has 0 aliphatic carbocycles. The van der Waals surface area contributed by atoms with E-state index in [9.17, 15) is 4.79 Å². The summed E-state index contributed by atoms with van der Waals surface area (Å²) in [7, 11) is 1.62. The summed E-state index contributed by atoms with van der Waals surface area (Å²) in [5.74, 6) is 0.912. The summed E-state index contributed by atoms with van der Waals surface area (Å²) in [6.07, 6.45) is 41.3. The van der Waals surface area contributed by atoms with Crippen LogP contribution in [0.1, 0.15) is 212 Å². The molecule has 1 rings (SSSR count). The SMILES string of the molecule is CCCCCCCCCCCCCCCCCC(=O)Oc1ccc(C=NCCCCCCCCCCCCCCCC)cc1OC. The van der Waals surface area contributed by atoms with Crippen LogP contribution in [0.5, 0.6) is 11.5 Å². The lowest BCUT2D eigenvalue weighted by molar-refractivity contribution is -0.134. The highest BCUT2D eigenvalue weighted by Gasteiger charge is 2.10. The van der Waals surface area contributed by atoms with Gasteiger partial charge >= 0.3 is 5.97 Å². The van der Waals surface area contributed by atoms with Crippen molar-refractivity contribution in [2.24, 2.45) is 4.99 Å². The van der Waals surface area contributed by atoms with Crippen molar-refractivity contribution in [3.05, 3.63) is 23.8 Å². The van der Waals surface area contributed by atoms with Gasteiger partial charge in [0.1, 0.15) is 0 Å². The number of hydrogen-bond acceptors (Lipinski definition) is 4. The highest BCUT2D eigenvalue weighted by molar-refractivity contribution is 5.81. The topological polar surface area (TPSA) is 47.9 Å². The van der Waals surface area contributed by atoms with Gasteiger partial charge in [0, 0.05) is 19.2 Å². The van der Waals surface area contributed by atoms with Crippen molar-refractivity contribution >= 4 is 12.2 Å². The maximum absolute atomic E-state index is 12.4. The molecule has 1 aromatic carbocycles. The van der Waals surface area contributed by atoms with Gasteiger partial charge in [0.05, 0.1) is 7.11 Å². The maximum atomic E-state index is 12.4. The molecule has 0 bridgehead atoms. The van der Waals surface area contributed by atoms with E-state index in [-0.39, 0.29) is 5.97 Å². The van der Waals surface area contributed by atoms with Gasteiger partial charge in [0.25, 0.3) is 0 Å². The number of methoxy groups -OCH3 is 1. The number of rotatable bonds is 34. The molecule has 0 fully saturated rings. The van der Waals surface area contributed by atoms with Gasteiger partial charge in [-0.2, -0.15) is 0 Å². The Morgan fingerprint density at radius 2 is 0.935 bits per heavy atom. The third-order valence-electron chi connectivity index (χ3n) is 9.28. The minimum absolute atomic E-state index is 0.174. The van der Waals surface area contributed by atoms with Crippen LogP contribution < -0.4 is 9.47 Å². The minimum Gasteiger partial charge on any atom is -0.493 e. The zero-order valence-electron chi connectivity index (χ0n) is 30.9. The van der Waals surface area contributed by atoms with E-state index < -0.39 is 0 Å². The lowest BCUT2D eigenvalue weighted by atomic mass is 10.0. The number of nitrogens with zero attached hydrogens (tertiary/aromatic N) is 1. The predicted molar refractivity (Wildman–Crippen MR) is 201 cm³/mol. The Morgan fingerprint density at radius 3 is 1.35 bits per heavy atom. The first-order valence-electron chi connectivity index (χ1n) is 20.1. The molecule has 1 aromatic rings. The van der Waals surface area contributed by atoms with Crippen LogP contribution >= 0.6 is 0 Å². The Balaban J connectivity index is 2.03. The van der Waals surface area contributed by atoms with Gasteiger partial charge in [-0.15, -0.1) is 0 Å². The van der Waals surface area contributed by atoms with Gasteiger partial charge in [0.2, 0.25) is 0 Å². The molecular formula is C42H75NO3. The summed E-state index contributed by atoms with van der Waals surface area (Å²) in [5, 5.41) is 0. The Labute approximate surface area is 286 Å². The van der Waals surface area contributed by atoms with Crippen LogP contribution in [0.4, 0.5) is 0 Å². The molecule has 0 spiro atoms. The Morgan fingerprint density at radius 1 is 0.543 bits per heavy atom. The van der Waals surface area contributed by atoms with E-state index in [1.807, 2.05) is 24.4 Å². The van der Waals surface area contributed by atoms with Gasteiger partial charge in [-0.1, -0.05) is 187 Å². The number of ether oxygens (including phenoxy) is 2. The standard InChI is InChI=1S/C42H75NO3/c1-4-6-8-10-12-14-16-18-20-21-23-25-27-29-31-33-42(44)46-40-35-34-39(37-41(40)45-3)38-43-36-32-30-28-26-24-22-19-17-15-13-11-9-7-5-2/h34-35,37-38H,4-33,36H2,1-3H3. The van der Waals surface area contributed by atoms with Crippen LogP contribution in [-0.2, 0) is 4.79 Å². The number of esters is 1. The van der Waals surface area contributed by atoms with E-state index in [4.69, 9.17) is 9.47 Å². The summed E-state index contributed by atoms with van der Waals surface area (Å²) >= 11 is 0. The smallest absolute Gasteiger partial charge is 0.311 e. The molecule has 0 N–H and O–H groups in total. The van der Waals surface area contributed by atoms with Crippen molar-refractivity contribution in [1.29, 1.82) is 0 Å². The number of hydrogen-bond donors (Lipinski definition) is 0. The highest BCUT2D eigenvalue weighted by atomic mass is 16.6. The van der Waals surface area contributed by atoms with Crippen molar-refractivity contribution in [2.75, 3.05) is 13.7 Å². The quantitative estimate of drug-likeness (QED) is 0.0325. The van der Waals surface area contributed by atoms with Crippen LogP contribution in [0.2, 0.25) is 0 Å². The lowest BCUT2D eigenvalue weighted by Crippen LogP contribution is -2.08. The lowest BCUT2D eigenvalue weighted by Gasteiger charge is -2.10. The van der Waals surface area contributed by atoms with E-state index in [0.717, 1.165) is 31.4 Å². The molecule has 266 valence electrons. The first-order chi connectivity index (χ1) is 22.7. The van der Waals surface area contributed by atoms with E-state index in [2.05, 4.69) is 18.8 Å². The van der Waals surface area contributed by atoms with Crippen molar-refractivity contribution < 1.29 is 14.3 Å². The van der Waals surface area contributed by atoms with Crippen LogP contribution in [0.3, 0.4) is 0 Å². The first-order valence-corrected chi connectivity index (χ1v) is 20.1. The molecule has 0 atom stereocenters. The second-order valence-corrected chi connectivity index (χ2v) is 13.7. The van der Waals surface area contributed by atoms with Gasteiger partial charge in [-0.05, 0) is 36.6 Å². The third kappa shape index (κ3) is 26.3. The number of carbonyl (C=O) groups is 1. The average molecular weight is 642 g/mol. The Kier molecular flexibility index (Phi) is 30.3. The molecule has 0 aromatic heterocycles. The first kappa shape index (κ1) is 42.2. The molecule has 0 saturated carbocycles. The molecule has 0 aliphatic heterocycles. The molecule has 0 heterocycles. The highest BCUT2D eigenvalue weighted by Crippen LogP contribution is 2.28. The molecule has 0 unspecified atom stereocenters. The summed E-state index contributed by atoms with van der Waals surface area (Å²) < 4.78 is 11.1. The van der Waals surface area contributed by atoms with Crippen molar-refractivity contribution in [3.8, 4) is 11.5 Å². The molecule has 0 aliphatic rings. The van der Waals surface area contributed by atoms with E-state index >= 15 is 0 Å². The monoisotopic (exact) mass is 642 g/mol. The molecule has 4 heteroatoms.